The molecule has 0 bridgehead atoms. The normalized spacial score (nSPS) is 14.0. The van der Waals surface area contributed by atoms with E-state index in [1.54, 1.807) is 35.2 Å². The topological polar surface area (TPSA) is 115 Å². The van der Waals surface area contributed by atoms with Crippen LogP contribution in [-0.2, 0) is 0 Å². The molecule has 3 aromatic rings. The number of benzene rings is 2. The molecule has 4 rings (SSSR count). The van der Waals surface area contributed by atoms with Crippen molar-refractivity contribution in [2.75, 3.05) is 13.1 Å². The Morgan fingerprint density at radius 2 is 1.82 bits per heavy atom. The SMILES string of the molecule is O=C(NC1CCN(C(=O)c2ccoc2)CC1)c1ccc(Oc2ccc(Cl)cc2[N+](=O)[O-])cc1. The van der Waals surface area contributed by atoms with Crippen molar-refractivity contribution in [3.05, 3.63) is 87.3 Å². The summed E-state index contributed by atoms with van der Waals surface area (Å²) in [5, 5.41) is 14.4. The fraction of sp³-hybridized carbons (Fsp3) is 0.217. The quantitative estimate of drug-likeness (QED) is 0.414. The van der Waals surface area contributed by atoms with Crippen molar-refractivity contribution in [1.29, 1.82) is 0 Å². The van der Waals surface area contributed by atoms with Gasteiger partial charge >= 0.3 is 5.69 Å². The van der Waals surface area contributed by atoms with E-state index in [0.717, 1.165) is 0 Å². The first-order valence-electron chi connectivity index (χ1n) is 10.2. The van der Waals surface area contributed by atoms with Crippen molar-refractivity contribution in [2.45, 2.75) is 18.9 Å². The molecule has 1 saturated heterocycles. The number of nitrogens with one attached hydrogen (secondary N) is 1. The van der Waals surface area contributed by atoms with Crippen LogP contribution in [-0.4, -0.2) is 40.8 Å². The number of carbonyl (C=O) groups is 2. The fourth-order valence-electron chi connectivity index (χ4n) is 3.59. The lowest BCUT2D eigenvalue weighted by molar-refractivity contribution is -0.385. The van der Waals surface area contributed by atoms with Gasteiger partial charge in [-0.3, -0.25) is 19.7 Å². The molecule has 2 aromatic carbocycles. The minimum atomic E-state index is -0.572. The predicted octanol–water partition coefficient (Wildman–Crippen LogP) is 4.67. The lowest BCUT2D eigenvalue weighted by Gasteiger charge is -2.32. The van der Waals surface area contributed by atoms with E-state index in [0.29, 0.717) is 42.8 Å². The van der Waals surface area contributed by atoms with Gasteiger partial charge in [0.05, 0.1) is 16.7 Å². The molecule has 33 heavy (non-hydrogen) atoms. The summed E-state index contributed by atoms with van der Waals surface area (Å²) in [6.07, 6.45) is 4.19. The molecule has 9 nitrogen and oxygen atoms in total. The summed E-state index contributed by atoms with van der Waals surface area (Å²) in [6, 6.07) is 12.0. The molecule has 1 aromatic heterocycles. The van der Waals surface area contributed by atoms with E-state index in [9.17, 15) is 19.7 Å². The molecule has 2 heterocycles. The lowest BCUT2D eigenvalue weighted by atomic mass is 10.0. The summed E-state index contributed by atoms with van der Waals surface area (Å²) in [7, 11) is 0. The van der Waals surface area contributed by atoms with Crippen LogP contribution in [0.3, 0.4) is 0 Å². The largest absolute Gasteiger partial charge is 0.472 e. The van der Waals surface area contributed by atoms with Crippen LogP contribution in [0.4, 0.5) is 5.69 Å². The molecule has 2 amide bonds. The molecule has 0 spiro atoms. The van der Waals surface area contributed by atoms with E-state index in [1.165, 1.54) is 30.7 Å². The van der Waals surface area contributed by atoms with E-state index in [2.05, 4.69) is 5.32 Å². The van der Waals surface area contributed by atoms with E-state index < -0.39 is 4.92 Å². The molecule has 0 atom stereocenters. The van der Waals surface area contributed by atoms with Crippen LogP contribution in [0.2, 0.25) is 5.02 Å². The first kappa shape index (κ1) is 22.3. The number of rotatable bonds is 6. The lowest BCUT2D eigenvalue weighted by Crippen LogP contribution is -2.46. The van der Waals surface area contributed by atoms with Gasteiger partial charge < -0.3 is 19.4 Å². The van der Waals surface area contributed by atoms with Gasteiger partial charge in [0, 0.05) is 35.8 Å². The summed E-state index contributed by atoms with van der Waals surface area (Å²) < 4.78 is 10.6. The summed E-state index contributed by atoms with van der Waals surface area (Å²) >= 11 is 5.82. The van der Waals surface area contributed by atoms with Crippen LogP contribution in [0.15, 0.2) is 65.5 Å². The summed E-state index contributed by atoms with van der Waals surface area (Å²) in [5.74, 6) is 0.0880. The Balaban J connectivity index is 1.32. The second kappa shape index (κ2) is 9.74. The van der Waals surface area contributed by atoms with Gasteiger partial charge in [-0.25, -0.2) is 0 Å². The van der Waals surface area contributed by atoms with Gasteiger partial charge in [0.1, 0.15) is 12.0 Å². The van der Waals surface area contributed by atoms with Gasteiger partial charge in [0.15, 0.2) is 0 Å². The maximum Gasteiger partial charge on any atom is 0.313 e. The number of ether oxygens (including phenoxy) is 1. The smallest absolute Gasteiger partial charge is 0.313 e. The third-order valence-corrected chi connectivity index (χ3v) is 5.58. The number of carbonyl (C=O) groups excluding carboxylic acids is 2. The third-order valence-electron chi connectivity index (χ3n) is 5.35. The Hall–Kier alpha value is -3.85. The number of halogens is 1. The molecule has 1 aliphatic heterocycles. The van der Waals surface area contributed by atoms with Crippen molar-refractivity contribution >= 4 is 29.1 Å². The second-order valence-electron chi connectivity index (χ2n) is 7.55. The van der Waals surface area contributed by atoms with Gasteiger partial charge in [-0.05, 0) is 55.3 Å². The molecular weight excluding hydrogens is 450 g/mol. The van der Waals surface area contributed by atoms with E-state index in [1.807, 2.05) is 0 Å². The highest BCUT2D eigenvalue weighted by atomic mass is 35.5. The number of amides is 2. The van der Waals surface area contributed by atoms with E-state index >= 15 is 0 Å². The van der Waals surface area contributed by atoms with Crippen LogP contribution in [0.5, 0.6) is 11.5 Å². The first-order chi connectivity index (χ1) is 15.9. The molecule has 0 unspecified atom stereocenters. The Kier molecular flexibility index (Phi) is 6.60. The van der Waals surface area contributed by atoms with Crippen molar-refractivity contribution in [3.63, 3.8) is 0 Å². The zero-order chi connectivity index (χ0) is 23.4. The molecule has 1 N–H and O–H groups in total. The molecular formula is C23H20ClN3O6. The molecule has 170 valence electrons. The molecule has 0 saturated carbocycles. The van der Waals surface area contributed by atoms with Gasteiger partial charge in [0.25, 0.3) is 11.8 Å². The molecule has 1 aliphatic rings. The first-order valence-corrected chi connectivity index (χ1v) is 10.6. The maximum atomic E-state index is 12.6. The van der Waals surface area contributed by atoms with Crippen molar-refractivity contribution < 1.29 is 23.7 Å². The maximum absolute atomic E-state index is 12.6. The zero-order valence-electron chi connectivity index (χ0n) is 17.4. The number of furan rings is 1. The van der Waals surface area contributed by atoms with Crippen molar-refractivity contribution in [3.8, 4) is 11.5 Å². The average molecular weight is 470 g/mol. The number of hydrogen-bond donors (Lipinski definition) is 1. The fourth-order valence-corrected chi connectivity index (χ4v) is 3.75. The van der Waals surface area contributed by atoms with E-state index in [-0.39, 0.29) is 34.3 Å². The van der Waals surface area contributed by atoms with Gasteiger partial charge in [0.2, 0.25) is 5.75 Å². The molecule has 10 heteroatoms. The predicted molar refractivity (Wildman–Crippen MR) is 120 cm³/mol. The third kappa shape index (κ3) is 5.32. The van der Waals surface area contributed by atoms with Crippen molar-refractivity contribution in [2.24, 2.45) is 0 Å². The summed E-state index contributed by atoms with van der Waals surface area (Å²) in [6.45, 7) is 1.09. The number of nitro groups is 1. The second-order valence-corrected chi connectivity index (χ2v) is 7.98. The molecule has 0 radical (unpaired) electrons. The molecule has 1 fully saturated rings. The Bertz CT molecular complexity index is 1160. The van der Waals surface area contributed by atoms with Crippen LogP contribution in [0.25, 0.3) is 0 Å². The number of piperidine rings is 1. The number of nitrogens with zero attached hydrogens (tertiary/aromatic N) is 2. The van der Waals surface area contributed by atoms with Crippen LogP contribution < -0.4 is 10.1 Å². The highest BCUT2D eigenvalue weighted by Gasteiger charge is 2.25. The standard InChI is InChI=1S/C23H20ClN3O6/c24-17-3-6-21(20(13-17)27(30)31)33-19-4-1-15(2-5-19)22(28)25-18-7-10-26(11-8-18)23(29)16-9-12-32-14-16/h1-6,9,12-14,18H,7-8,10-11H2,(H,25,28). The highest BCUT2D eigenvalue weighted by Crippen LogP contribution is 2.33. The monoisotopic (exact) mass is 469 g/mol. The van der Waals surface area contributed by atoms with Crippen LogP contribution in [0.1, 0.15) is 33.6 Å². The zero-order valence-corrected chi connectivity index (χ0v) is 18.2. The summed E-state index contributed by atoms with van der Waals surface area (Å²) in [4.78, 5) is 37.4. The number of likely N-dealkylation sites (tertiary alicyclic amines) is 1. The number of nitro benzene ring substituents is 1. The van der Waals surface area contributed by atoms with Gasteiger partial charge in [-0.2, -0.15) is 0 Å². The average Bonchev–Trinajstić information content (AvgIpc) is 3.35. The van der Waals surface area contributed by atoms with E-state index in [4.69, 9.17) is 20.8 Å². The Morgan fingerprint density at radius 3 is 2.45 bits per heavy atom. The van der Waals surface area contributed by atoms with Crippen LogP contribution in [0, 0.1) is 10.1 Å². The minimum Gasteiger partial charge on any atom is -0.472 e. The van der Waals surface area contributed by atoms with Crippen LogP contribution >= 0.6 is 11.6 Å². The minimum absolute atomic E-state index is 0.0430. The number of hydrogen-bond acceptors (Lipinski definition) is 6. The Labute approximate surface area is 194 Å². The van der Waals surface area contributed by atoms with Gasteiger partial charge in [-0.15, -0.1) is 0 Å². The summed E-state index contributed by atoms with van der Waals surface area (Å²) in [5.41, 5.74) is 0.704. The van der Waals surface area contributed by atoms with Gasteiger partial charge in [-0.1, -0.05) is 11.6 Å². The Morgan fingerprint density at radius 1 is 1.09 bits per heavy atom. The molecule has 0 aliphatic carbocycles. The highest BCUT2D eigenvalue weighted by molar-refractivity contribution is 6.30. The van der Waals surface area contributed by atoms with Crippen molar-refractivity contribution in [1.82, 2.24) is 10.2 Å².